The van der Waals surface area contributed by atoms with E-state index >= 15 is 0 Å². The maximum absolute atomic E-state index is 10.8. The molecule has 5 nitrogen and oxygen atoms in total. The lowest BCUT2D eigenvalue weighted by Gasteiger charge is -2.15. The minimum absolute atomic E-state index is 0.0604. The van der Waals surface area contributed by atoms with Crippen molar-refractivity contribution in [2.45, 2.75) is 52.1 Å². The predicted octanol–water partition coefficient (Wildman–Crippen LogP) is 7.14. The second-order valence-electron chi connectivity index (χ2n) is 8.28. The Morgan fingerprint density at radius 2 is 1.79 bits per heavy atom. The van der Waals surface area contributed by atoms with Gasteiger partial charge >= 0.3 is 5.97 Å². The fourth-order valence-electron chi connectivity index (χ4n) is 4.05. The number of nitrogens with zero attached hydrogens (tertiary/aromatic N) is 1. The van der Waals surface area contributed by atoms with Crippen LogP contribution >= 0.6 is 0 Å². The van der Waals surface area contributed by atoms with E-state index in [9.17, 15) is 4.79 Å². The van der Waals surface area contributed by atoms with E-state index in [0.717, 1.165) is 52.8 Å². The summed E-state index contributed by atoms with van der Waals surface area (Å²) in [5, 5.41) is 9.71. The summed E-state index contributed by atoms with van der Waals surface area (Å²) in [7, 11) is 0. The number of carboxylic acid groups (broad SMARTS) is 1. The lowest BCUT2D eigenvalue weighted by Crippen LogP contribution is -2.12. The number of rotatable bonds is 10. The Labute approximate surface area is 194 Å². The molecule has 1 atom stereocenters. The Kier molecular flexibility index (Phi) is 7.08. The Morgan fingerprint density at radius 1 is 1.03 bits per heavy atom. The van der Waals surface area contributed by atoms with Crippen LogP contribution in [0.2, 0.25) is 0 Å². The number of aromatic nitrogens is 1. The van der Waals surface area contributed by atoms with E-state index in [0.29, 0.717) is 12.1 Å². The Morgan fingerprint density at radius 3 is 2.48 bits per heavy atom. The van der Waals surface area contributed by atoms with Crippen LogP contribution in [0.15, 0.2) is 71.3 Å². The van der Waals surface area contributed by atoms with Crippen molar-refractivity contribution >= 4 is 17.1 Å². The summed E-state index contributed by atoms with van der Waals surface area (Å²) >= 11 is 0. The highest BCUT2D eigenvalue weighted by Crippen LogP contribution is 2.44. The van der Waals surface area contributed by atoms with Crippen LogP contribution < -0.4 is 4.74 Å². The number of furan rings is 1. The Hall–Kier alpha value is -3.60. The molecule has 2 aromatic carbocycles. The molecule has 0 radical (unpaired) electrons. The van der Waals surface area contributed by atoms with Gasteiger partial charge in [0, 0.05) is 23.7 Å². The number of benzene rings is 2. The quantitative estimate of drug-likeness (QED) is 0.264. The standard InChI is InChI=1S/C28H29NO4/c1-3-20-13-15-21(16-14-20)25-26-23(32-19(2)9-7-8-12-24(30)31)17-18-29-28(26)33-27(25)22-10-5-4-6-11-22/h4-6,10-11,13-19H,3,7-9,12H2,1-2H3,(H,30,31)/t19-/m1/s1. The molecule has 4 aromatic rings. The van der Waals surface area contributed by atoms with Crippen molar-refractivity contribution in [3.8, 4) is 28.2 Å². The van der Waals surface area contributed by atoms with Gasteiger partial charge in [0.25, 0.3) is 0 Å². The van der Waals surface area contributed by atoms with E-state index in [-0.39, 0.29) is 12.5 Å². The third-order valence-electron chi connectivity index (χ3n) is 5.82. The predicted molar refractivity (Wildman–Crippen MR) is 130 cm³/mol. The maximum atomic E-state index is 10.8. The molecule has 4 rings (SSSR count). The van der Waals surface area contributed by atoms with Crippen molar-refractivity contribution in [3.63, 3.8) is 0 Å². The molecule has 33 heavy (non-hydrogen) atoms. The van der Waals surface area contributed by atoms with Gasteiger partial charge in [0.1, 0.15) is 11.5 Å². The third-order valence-corrected chi connectivity index (χ3v) is 5.82. The number of pyridine rings is 1. The first kappa shape index (κ1) is 22.6. The molecule has 0 bridgehead atoms. The van der Waals surface area contributed by atoms with Crippen LogP contribution in [0.3, 0.4) is 0 Å². The zero-order valence-electron chi connectivity index (χ0n) is 19.1. The number of hydrogen-bond acceptors (Lipinski definition) is 4. The molecule has 0 fully saturated rings. The fraction of sp³-hybridized carbons (Fsp3) is 0.286. The molecule has 2 heterocycles. The van der Waals surface area contributed by atoms with Crippen molar-refractivity contribution in [3.05, 3.63) is 72.4 Å². The summed E-state index contributed by atoms with van der Waals surface area (Å²) in [6, 6.07) is 20.5. The number of hydrogen-bond donors (Lipinski definition) is 1. The summed E-state index contributed by atoms with van der Waals surface area (Å²) in [5.74, 6) is 0.740. The van der Waals surface area contributed by atoms with Gasteiger partial charge in [-0.1, -0.05) is 61.5 Å². The molecule has 170 valence electrons. The molecule has 0 amide bonds. The SMILES string of the molecule is CCc1ccc(-c2c(-c3ccccc3)oc3nccc(O[C@H](C)CCCCC(=O)O)c23)cc1. The summed E-state index contributed by atoms with van der Waals surface area (Å²) < 4.78 is 12.6. The van der Waals surface area contributed by atoms with Gasteiger partial charge in [-0.25, -0.2) is 4.98 Å². The fourth-order valence-corrected chi connectivity index (χ4v) is 4.05. The van der Waals surface area contributed by atoms with Crippen LogP contribution in [-0.4, -0.2) is 22.2 Å². The molecule has 5 heteroatoms. The van der Waals surface area contributed by atoms with Crippen LogP contribution in [0.4, 0.5) is 0 Å². The van der Waals surface area contributed by atoms with Crippen molar-refractivity contribution < 1.29 is 19.1 Å². The summed E-state index contributed by atoms with van der Waals surface area (Å²) in [5.41, 5.74) is 4.82. The highest BCUT2D eigenvalue weighted by Gasteiger charge is 2.22. The van der Waals surface area contributed by atoms with Crippen molar-refractivity contribution in [2.75, 3.05) is 0 Å². The number of carbonyl (C=O) groups is 1. The molecule has 0 saturated carbocycles. The van der Waals surface area contributed by atoms with Gasteiger partial charge in [-0.15, -0.1) is 0 Å². The zero-order valence-corrected chi connectivity index (χ0v) is 19.1. The minimum Gasteiger partial charge on any atom is -0.490 e. The highest BCUT2D eigenvalue weighted by molar-refractivity contribution is 6.03. The van der Waals surface area contributed by atoms with Gasteiger partial charge < -0.3 is 14.3 Å². The molecule has 0 unspecified atom stereocenters. The normalized spacial score (nSPS) is 12.1. The lowest BCUT2D eigenvalue weighted by molar-refractivity contribution is -0.137. The molecular weight excluding hydrogens is 414 g/mol. The zero-order chi connectivity index (χ0) is 23.2. The number of aliphatic carboxylic acids is 1. The molecule has 0 aliphatic carbocycles. The Bertz CT molecular complexity index is 1210. The number of fused-ring (bicyclic) bond motifs is 1. The van der Waals surface area contributed by atoms with Gasteiger partial charge in [-0.05, 0) is 49.8 Å². The topological polar surface area (TPSA) is 72.6 Å². The largest absolute Gasteiger partial charge is 0.490 e. The number of unbranched alkanes of at least 4 members (excludes halogenated alkanes) is 1. The maximum Gasteiger partial charge on any atom is 0.303 e. The number of aryl methyl sites for hydroxylation is 1. The van der Waals surface area contributed by atoms with Crippen LogP contribution in [-0.2, 0) is 11.2 Å². The smallest absolute Gasteiger partial charge is 0.303 e. The molecule has 0 saturated heterocycles. The highest BCUT2D eigenvalue weighted by atomic mass is 16.5. The number of ether oxygens (including phenoxy) is 1. The van der Waals surface area contributed by atoms with Crippen LogP contribution in [0.1, 0.15) is 45.1 Å². The lowest BCUT2D eigenvalue weighted by atomic mass is 9.97. The summed E-state index contributed by atoms with van der Waals surface area (Å²) in [6.07, 6.45) is 5.04. The van der Waals surface area contributed by atoms with Crippen molar-refractivity contribution in [1.29, 1.82) is 0 Å². The molecule has 1 N–H and O–H groups in total. The third kappa shape index (κ3) is 5.25. The molecular formula is C28H29NO4. The van der Waals surface area contributed by atoms with E-state index in [1.54, 1.807) is 6.20 Å². The second-order valence-corrected chi connectivity index (χ2v) is 8.28. The first-order valence-corrected chi connectivity index (χ1v) is 11.5. The van der Waals surface area contributed by atoms with E-state index in [2.05, 4.69) is 36.2 Å². The van der Waals surface area contributed by atoms with E-state index < -0.39 is 5.97 Å². The van der Waals surface area contributed by atoms with E-state index in [4.69, 9.17) is 14.3 Å². The van der Waals surface area contributed by atoms with Crippen LogP contribution in [0.5, 0.6) is 5.75 Å². The molecule has 0 aliphatic rings. The summed E-state index contributed by atoms with van der Waals surface area (Å²) in [6.45, 7) is 4.16. The van der Waals surface area contributed by atoms with Gasteiger partial charge in [-0.2, -0.15) is 0 Å². The van der Waals surface area contributed by atoms with Gasteiger partial charge in [-0.3, -0.25) is 4.79 Å². The van der Waals surface area contributed by atoms with Crippen molar-refractivity contribution in [2.24, 2.45) is 0 Å². The van der Waals surface area contributed by atoms with Gasteiger partial charge in [0.15, 0.2) is 0 Å². The minimum atomic E-state index is -0.759. The van der Waals surface area contributed by atoms with E-state index in [1.165, 1.54) is 5.56 Å². The van der Waals surface area contributed by atoms with Crippen molar-refractivity contribution in [1.82, 2.24) is 4.98 Å². The molecule has 2 aromatic heterocycles. The van der Waals surface area contributed by atoms with Crippen LogP contribution in [0, 0.1) is 0 Å². The van der Waals surface area contributed by atoms with Gasteiger partial charge in [0.2, 0.25) is 5.71 Å². The van der Waals surface area contributed by atoms with Crippen LogP contribution in [0.25, 0.3) is 33.6 Å². The monoisotopic (exact) mass is 443 g/mol. The molecule has 0 spiro atoms. The first-order valence-electron chi connectivity index (χ1n) is 11.5. The number of carboxylic acids is 1. The molecule has 0 aliphatic heterocycles. The first-order chi connectivity index (χ1) is 16.1. The summed E-state index contributed by atoms with van der Waals surface area (Å²) in [4.78, 5) is 15.3. The van der Waals surface area contributed by atoms with Gasteiger partial charge in [0.05, 0.1) is 11.5 Å². The second kappa shape index (κ2) is 10.3. The Balaban J connectivity index is 1.74. The van der Waals surface area contributed by atoms with E-state index in [1.807, 2.05) is 43.3 Å². The average molecular weight is 444 g/mol. The average Bonchev–Trinajstić information content (AvgIpc) is 3.23.